The van der Waals surface area contributed by atoms with Gasteiger partial charge in [0.2, 0.25) is 0 Å². The Bertz CT molecular complexity index is 833. The molecule has 0 aliphatic heterocycles. The molecule has 5 rings (SSSR count). The Morgan fingerprint density at radius 2 is 1.58 bits per heavy atom. The first-order chi connectivity index (χ1) is 14.3. The molecule has 0 amide bonds. The zero-order chi connectivity index (χ0) is 22.6. The summed E-state index contributed by atoms with van der Waals surface area (Å²) in [5.41, 5.74) is 5.04. The fourth-order valence-electron chi connectivity index (χ4n) is 10.4. The molecule has 5 aliphatic carbocycles. The molecular weight excluding hydrogens is 376 g/mol. The number of allylic oxidation sites excluding steroid dienone is 4. The Morgan fingerprint density at radius 1 is 0.871 bits per heavy atom. The van der Waals surface area contributed by atoms with Gasteiger partial charge >= 0.3 is 0 Å². The molecule has 0 aromatic heterocycles. The first kappa shape index (κ1) is 22.2. The molecule has 0 spiro atoms. The lowest BCUT2D eigenvalue weighted by Gasteiger charge is -2.71. The molecule has 31 heavy (non-hydrogen) atoms. The van der Waals surface area contributed by atoms with Gasteiger partial charge < -0.3 is 5.11 Å². The van der Waals surface area contributed by atoms with Crippen LogP contribution in [0.2, 0.25) is 0 Å². The SMILES string of the molecule is CC1=CCC2(C)CCC3(C)C(=CCC4C5(C)CCC(O)C(C)(C)C5CCC43C)C2C1C. The Balaban J connectivity index is 1.60. The van der Waals surface area contributed by atoms with Crippen molar-refractivity contribution in [3.8, 4) is 0 Å². The molecule has 0 bridgehead atoms. The minimum Gasteiger partial charge on any atom is -0.393 e. The summed E-state index contributed by atoms with van der Waals surface area (Å²) >= 11 is 0. The second kappa shape index (κ2) is 6.52. The van der Waals surface area contributed by atoms with Gasteiger partial charge in [-0.1, -0.05) is 71.8 Å². The maximum Gasteiger partial charge on any atom is 0.0594 e. The van der Waals surface area contributed by atoms with E-state index in [0.717, 1.165) is 18.3 Å². The Morgan fingerprint density at radius 3 is 2.29 bits per heavy atom. The van der Waals surface area contributed by atoms with Gasteiger partial charge in [-0.25, -0.2) is 0 Å². The summed E-state index contributed by atoms with van der Waals surface area (Å²) in [6.45, 7) is 20.2. The average Bonchev–Trinajstić information content (AvgIpc) is 2.69. The summed E-state index contributed by atoms with van der Waals surface area (Å²) in [6, 6.07) is 0. The summed E-state index contributed by atoms with van der Waals surface area (Å²) in [5.74, 6) is 2.80. The summed E-state index contributed by atoms with van der Waals surface area (Å²) in [5, 5.41) is 10.9. The van der Waals surface area contributed by atoms with E-state index >= 15 is 0 Å². The molecule has 3 saturated carbocycles. The second-order valence-electron chi connectivity index (χ2n) is 14.2. The van der Waals surface area contributed by atoms with Crippen LogP contribution in [0.1, 0.15) is 107 Å². The lowest BCUT2D eigenvalue weighted by atomic mass is 9.33. The summed E-state index contributed by atoms with van der Waals surface area (Å²) in [6.07, 6.45) is 15.3. The molecule has 3 fully saturated rings. The lowest BCUT2D eigenvalue weighted by Crippen LogP contribution is -2.64. The average molecular weight is 425 g/mol. The topological polar surface area (TPSA) is 20.2 Å². The molecule has 0 aromatic carbocycles. The van der Waals surface area contributed by atoms with Gasteiger partial charge in [-0.15, -0.1) is 0 Å². The van der Waals surface area contributed by atoms with Crippen LogP contribution in [0.4, 0.5) is 0 Å². The standard InChI is InChI=1S/C30H48O/c1-19-11-14-27(5)17-18-29(7)21(25(27)20(19)2)9-10-23-28(6)15-13-24(31)26(3,4)22(28)12-16-30(23,29)8/h9,11,20,22-25,31H,10,12-18H2,1-8H3. The summed E-state index contributed by atoms with van der Waals surface area (Å²) in [7, 11) is 0. The Labute approximate surface area is 192 Å². The third-order valence-corrected chi connectivity index (χ3v) is 12.9. The maximum atomic E-state index is 10.9. The van der Waals surface area contributed by atoms with E-state index in [9.17, 15) is 5.11 Å². The van der Waals surface area contributed by atoms with Crippen LogP contribution in [0.3, 0.4) is 0 Å². The highest BCUT2D eigenvalue weighted by Gasteiger charge is 2.67. The zero-order valence-electron chi connectivity index (χ0n) is 21.6. The first-order valence-electron chi connectivity index (χ1n) is 13.4. The van der Waals surface area contributed by atoms with Crippen LogP contribution in [-0.4, -0.2) is 11.2 Å². The molecule has 5 aliphatic rings. The van der Waals surface area contributed by atoms with Gasteiger partial charge in [-0.05, 0) is 109 Å². The van der Waals surface area contributed by atoms with Crippen LogP contribution in [-0.2, 0) is 0 Å². The monoisotopic (exact) mass is 424 g/mol. The summed E-state index contributed by atoms with van der Waals surface area (Å²) < 4.78 is 0. The minimum absolute atomic E-state index is 0.0458. The number of rotatable bonds is 0. The van der Waals surface area contributed by atoms with Crippen molar-refractivity contribution in [2.45, 2.75) is 113 Å². The third-order valence-electron chi connectivity index (χ3n) is 12.9. The highest BCUT2D eigenvalue weighted by molar-refractivity contribution is 5.36. The van der Waals surface area contributed by atoms with Crippen molar-refractivity contribution in [2.75, 3.05) is 0 Å². The Hall–Kier alpha value is -0.560. The molecule has 0 saturated heterocycles. The predicted molar refractivity (Wildman–Crippen MR) is 131 cm³/mol. The van der Waals surface area contributed by atoms with E-state index < -0.39 is 0 Å². The van der Waals surface area contributed by atoms with Crippen LogP contribution in [0.25, 0.3) is 0 Å². The smallest absolute Gasteiger partial charge is 0.0594 e. The van der Waals surface area contributed by atoms with Gasteiger partial charge in [-0.2, -0.15) is 0 Å². The molecule has 0 heterocycles. The highest BCUT2D eigenvalue weighted by Crippen LogP contribution is 2.75. The van der Waals surface area contributed by atoms with Crippen molar-refractivity contribution in [3.05, 3.63) is 23.3 Å². The van der Waals surface area contributed by atoms with Gasteiger partial charge in [0.25, 0.3) is 0 Å². The highest BCUT2D eigenvalue weighted by atomic mass is 16.3. The predicted octanol–water partition coefficient (Wildman–Crippen LogP) is 7.94. The van der Waals surface area contributed by atoms with Crippen LogP contribution < -0.4 is 0 Å². The van der Waals surface area contributed by atoms with E-state index in [0.29, 0.717) is 33.5 Å². The van der Waals surface area contributed by atoms with Gasteiger partial charge in [0.1, 0.15) is 0 Å². The van der Waals surface area contributed by atoms with Crippen molar-refractivity contribution in [1.29, 1.82) is 0 Å². The van der Waals surface area contributed by atoms with Crippen LogP contribution in [0.5, 0.6) is 0 Å². The van der Waals surface area contributed by atoms with Crippen LogP contribution in [0, 0.1) is 50.7 Å². The van der Waals surface area contributed by atoms with Crippen molar-refractivity contribution < 1.29 is 5.11 Å². The molecule has 1 heteroatoms. The molecule has 9 atom stereocenters. The van der Waals surface area contributed by atoms with Crippen molar-refractivity contribution in [1.82, 2.24) is 0 Å². The number of aliphatic hydroxyl groups excluding tert-OH is 1. The number of hydrogen-bond acceptors (Lipinski definition) is 1. The zero-order valence-corrected chi connectivity index (χ0v) is 21.6. The van der Waals surface area contributed by atoms with Crippen molar-refractivity contribution >= 4 is 0 Å². The number of hydrogen-bond donors (Lipinski definition) is 1. The molecular formula is C30H48O. The van der Waals surface area contributed by atoms with Gasteiger partial charge in [-0.3, -0.25) is 0 Å². The molecule has 174 valence electrons. The van der Waals surface area contributed by atoms with E-state index in [1.807, 2.05) is 5.57 Å². The second-order valence-corrected chi connectivity index (χ2v) is 14.2. The van der Waals surface area contributed by atoms with Gasteiger partial charge in [0.05, 0.1) is 6.10 Å². The first-order valence-corrected chi connectivity index (χ1v) is 13.4. The van der Waals surface area contributed by atoms with Crippen LogP contribution in [0.15, 0.2) is 23.3 Å². The fraction of sp³-hybridized carbons (Fsp3) is 0.867. The fourth-order valence-corrected chi connectivity index (χ4v) is 10.4. The Kier molecular flexibility index (Phi) is 4.68. The quantitative estimate of drug-likeness (QED) is 0.391. The molecule has 1 nitrogen and oxygen atoms in total. The largest absolute Gasteiger partial charge is 0.393 e. The van der Waals surface area contributed by atoms with Gasteiger partial charge in [0.15, 0.2) is 0 Å². The van der Waals surface area contributed by atoms with E-state index in [1.54, 1.807) is 5.57 Å². The lowest BCUT2D eigenvalue weighted by molar-refractivity contribution is -0.201. The minimum atomic E-state index is -0.131. The van der Waals surface area contributed by atoms with Gasteiger partial charge in [0, 0.05) is 0 Å². The van der Waals surface area contributed by atoms with Crippen molar-refractivity contribution in [2.24, 2.45) is 50.7 Å². The van der Waals surface area contributed by atoms with Crippen molar-refractivity contribution in [3.63, 3.8) is 0 Å². The van der Waals surface area contributed by atoms with Crippen LogP contribution >= 0.6 is 0 Å². The van der Waals surface area contributed by atoms with E-state index in [1.165, 1.54) is 44.9 Å². The van der Waals surface area contributed by atoms with E-state index in [-0.39, 0.29) is 11.5 Å². The normalized spacial score (nSPS) is 55.7. The third kappa shape index (κ3) is 2.59. The number of fused-ring (bicyclic) bond motifs is 7. The van der Waals surface area contributed by atoms with E-state index in [2.05, 4.69) is 67.5 Å². The van der Waals surface area contributed by atoms with E-state index in [4.69, 9.17) is 0 Å². The summed E-state index contributed by atoms with van der Waals surface area (Å²) in [4.78, 5) is 0. The molecule has 1 N–H and O–H groups in total. The number of aliphatic hydroxyl groups is 1. The molecule has 0 radical (unpaired) electrons. The maximum absolute atomic E-state index is 10.9. The molecule has 0 aromatic rings. The molecule has 9 unspecified atom stereocenters.